The van der Waals surface area contributed by atoms with Gasteiger partial charge >= 0.3 is 0 Å². The molecule has 0 fully saturated rings. The maximum absolute atomic E-state index is 6.12. The fourth-order valence-corrected chi connectivity index (χ4v) is 5.94. The Bertz CT molecular complexity index is 1740. The van der Waals surface area contributed by atoms with Gasteiger partial charge in [-0.1, -0.05) is 39.0 Å². The molecule has 6 aromatic rings. The number of benzene rings is 3. The molecule has 5 nitrogen and oxygen atoms in total. The number of nitrogens with one attached hydrogen (secondary N) is 2. The molecule has 0 saturated heterocycles. The van der Waals surface area contributed by atoms with Crippen LogP contribution in [-0.4, -0.2) is 19.9 Å². The van der Waals surface area contributed by atoms with Crippen molar-refractivity contribution >= 4 is 43.2 Å². The van der Waals surface area contributed by atoms with Gasteiger partial charge in [0.05, 0.1) is 22.4 Å². The predicted octanol–water partition coefficient (Wildman–Crippen LogP) is 7.57. The Kier molecular flexibility index (Phi) is 4.18. The molecule has 0 saturated carbocycles. The van der Waals surface area contributed by atoms with Crippen LogP contribution in [-0.2, 0) is 13.0 Å². The van der Waals surface area contributed by atoms with Crippen molar-refractivity contribution in [1.82, 2.24) is 19.9 Å². The standard InChI is InChI=1S/C28H24N4OS/c1-4-23-29-21-13-33-22-12-16(6-8-18(22)24(21)30-23)15-5-7-17-20(11-15)27-19(9-10-34-27)26-25(17)31-28(32-26)14(2)3/h5-12,14H,4,13H2,1-3H3,(H,29,30)(H,31,32). The van der Waals surface area contributed by atoms with Gasteiger partial charge < -0.3 is 14.7 Å². The summed E-state index contributed by atoms with van der Waals surface area (Å²) in [4.78, 5) is 16.7. The monoisotopic (exact) mass is 464 g/mol. The van der Waals surface area contributed by atoms with Crippen LogP contribution in [0.1, 0.15) is 44.0 Å². The minimum Gasteiger partial charge on any atom is -0.487 e. The van der Waals surface area contributed by atoms with Gasteiger partial charge in [-0.15, -0.1) is 11.3 Å². The van der Waals surface area contributed by atoms with E-state index in [2.05, 4.69) is 78.6 Å². The van der Waals surface area contributed by atoms with Crippen LogP contribution in [0.4, 0.5) is 0 Å². The van der Waals surface area contributed by atoms with E-state index in [1.54, 1.807) is 11.3 Å². The fourth-order valence-electron chi connectivity index (χ4n) is 5.01. The van der Waals surface area contributed by atoms with E-state index in [0.717, 1.165) is 57.4 Å². The van der Waals surface area contributed by atoms with Gasteiger partial charge in [0, 0.05) is 38.8 Å². The van der Waals surface area contributed by atoms with E-state index in [1.165, 1.54) is 26.4 Å². The van der Waals surface area contributed by atoms with Crippen molar-refractivity contribution in [3.05, 3.63) is 65.2 Å². The van der Waals surface area contributed by atoms with E-state index < -0.39 is 0 Å². The van der Waals surface area contributed by atoms with E-state index in [4.69, 9.17) is 14.7 Å². The van der Waals surface area contributed by atoms with Gasteiger partial charge in [-0.3, -0.25) is 0 Å². The zero-order valence-electron chi connectivity index (χ0n) is 19.3. The number of imidazole rings is 2. The molecule has 3 aromatic carbocycles. The molecule has 168 valence electrons. The molecule has 0 bridgehead atoms. The van der Waals surface area contributed by atoms with Crippen molar-refractivity contribution < 1.29 is 4.74 Å². The lowest BCUT2D eigenvalue weighted by atomic mass is 9.97. The van der Waals surface area contributed by atoms with Gasteiger partial charge in [0.15, 0.2) is 0 Å². The smallest absolute Gasteiger partial charge is 0.130 e. The molecule has 0 unspecified atom stereocenters. The molecule has 6 heteroatoms. The van der Waals surface area contributed by atoms with Crippen LogP contribution >= 0.6 is 11.3 Å². The molecule has 1 aliphatic rings. The van der Waals surface area contributed by atoms with Gasteiger partial charge in [0.2, 0.25) is 0 Å². The summed E-state index contributed by atoms with van der Waals surface area (Å²) in [5.41, 5.74) is 7.67. The van der Waals surface area contributed by atoms with Crippen LogP contribution in [0, 0.1) is 0 Å². The van der Waals surface area contributed by atoms with Crippen molar-refractivity contribution in [2.24, 2.45) is 0 Å². The van der Waals surface area contributed by atoms with Gasteiger partial charge in [0.25, 0.3) is 0 Å². The molecular formula is C28H24N4OS. The Balaban J connectivity index is 1.40. The lowest BCUT2D eigenvalue weighted by Crippen LogP contribution is -2.05. The fraction of sp³-hybridized carbons (Fsp3) is 0.214. The first-order valence-electron chi connectivity index (χ1n) is 11.8. The van der Waals surface area contributed by atoms with E-state index in [9.17, 15) is 0 Å². The van der Waals surface area contributed by atoms with Crippen LogP contribution in [0.3, 0.4) is 0 Å². The van der Waals surface area contributed by atoms with Crippen LogP contribution in [0.5, 0.6) is 5.75 Å². The molecule has 4 heterocycles. The molecule has 0 aliphatic carbocycles. The van der Waals surface area contributed by atoms with Crippen molar-refractivity contribution in [2.45, 2.75) is 39.7 Å². The Morgan fingerprint density at radius 1 is 0.971 bits per heavy atom. The van der Waals surface area contributed by atoms with Gasteiger partial charge in [-0.25, -0.2) is 9.97 Å². The molecule has 2 N–H and O–H groups in total. The topological polar surface area (TPSA) is 66.6 Å². The van der Waals surface area contributed by atoms with Crippen LogP contribution in [0.2, 0.25) is 0 Å². The number of aryl methyl sites for hydroxylation is 1. The molecule has 7 rings (SSSR count). The lowest BCUT2D eigenvalue weighted by Gasteiger charge is -2.18. The normalized spacial score (nSPS) is 13.1. The summed E-state index contributed by atoms with van der Waals surface area (Å²) in [6, 6.07) is 15.4. The highest BCUT2D eigenvalue weighted by atomic mass is 32.1. The second kappa shape index (κ2) is 7.18. The third-order valence-corrected chi connectivity index (χ3v) is 7.78. The number of hydrogen-bond acceptors (Lipinski definition) is 4. The first-order valence-corrected chi connectivity index (χ1v) is 12.7. The number of aromatic nitrogens is 4. The van der Waals surface area contributed by atoms with Crippen molar-refractivity contribution in [1.29, 1.82) is 0 Å². The minimum absolute atomic E-state index is 0.356. The average molecular weight is 465 g/mol. The maximum Gasteiger partial charge on any atom is 0.130 e. The van der Waals surface area contributed by atoms with Crippen molar-refractivity contribution in [3.63, 3.8) is 0 Å². The number of fused-ring (bicyclic) bond motifs is 9. The second-order valence-electron chi connectivity index (χ2n) is 9.29. The highest BCUT2D eigenvalue weighted by Gasteiger charge is 2.22. The number of nitrogens with zero attached hydrogens (tertiary/aromatic N) is 2. The van der Waals surface area contributed by atoms with Crippen LogP contribution < -0.4 is 4.74 Å². The molecule has 3 aromatic heterocycles. The average Bonchev–Trinajstić information content (AvgIpc) is 3.60. The highest BCUT2D eigenvalue weighted by Crippen LogP contribution is 2.42. The highest BCUT2D eigenvalue weighted by molar-refractivity contribution is 7.18. The van der Waals surface area contributed by atoms with Crippen LogP contribution in [0.25, 0.3) is 54.3 Å². The van der Waals surface area contributed by atoms with Crippen molar-refractivity contribution in [3.8, 4) is 28.1 Å². The summed E-state index contributed by atoms with van der Waals surface area (Å²) in [7, 11) is 0. The molecule has 34 heavy (non-hydrogen) atoms. The minimum atomic E-state index is 0.356. The molecule has 0 amide bonds. The van der Waals surface area contributed by atoms with E-state index >= 15 is 0 Å². The second-order valence-corrected chi connectivity index (χ2v) is 10.2. The van der Waals surface area contributed by atoms with E-state index in [1.807, 2.05) is 0 Å². The summed E-state index contributed by atoms with van der Waals surface area (Å²) >= 11 is 1.78. The number of rotatable bonds is 3. The maximum atomic E-state index is 6.12. The molecule has 0 spiro atoms. The molecular weight excluding hydrogens is 440 g/mol. The quantitative estimate of drug-likeness (QED) is 0.284. The SMILES string of the molecule is CCc1nc2c([nH]1)COc1cc(-c3ccc4c(c3)c3sccc3c3nc(C(C)C)[nH]c43)ccc1-2. The number of ether oxygens (including phenoxy) is 1. The zero-order chi connectivity index (χ0) is 23.0. The predicted molar refractivity (Wildman–Crippen MR) is 140 cm³/mol. The molecule has 0 atom stereocenters. The Labute approximate surface area is 200 Å². The number of H-pyrrole nitrogens is 2. The van der Waals surface area contributed by atoms with Crippen LogP contribution in [0.15, 0.2) is 47.8 Å². The zero-order valence-corrected chi connectivity index (χ0v) is 20.1. The van der Waals surface area contributed by atoms with Crippen molar-refractivity contribution in [2.75, 3.05) is 0 Å². The first-order chi connectivity index (χ1) is 16.6. The summed E-state index contributed by atoms with van der Waals surface area (Å²) in [6.07, 6.45) is 0.886. The Morgan fingerprint density at radius 2 is 1.82 bits per heavy atom. The third kappa shape index (κ3) is 2.78. The van der Waals surface area contributed by atoms with E-state index in [0.29, 0.717) is 12.5 Å². The van der Waals surface area contributed by atoms with Gasteiger partial charge in [-0.05, 0) is 40.8 Å². The molecule has 0 radical (unpaired) electrons. The summed E-state index contributed by atoms with van der Waals surface area (Å²) in [5, 5.41) is 5.86. The summed E-state index contributed by atoms with van der Waals surface area (Å²) in [5.74, 6) is 3.29. The lowest BCUT2D eigenvalue weighted by molar-refractivity contribution is 0.298. The number of aromatic amines is 2. The molecule has 1 aliphatic heterocycles. The Morgan fingerprint density at radius 3 is 2.68 bits per heavy atom. The number of hydrogen-bond donors (Lipinski definition) is 2. The first kappa shape index (κ1) is 19.8. The van der Waals surface area contributed by atoms with Gasteiger partial charge in [-0.2, -0.15) is 0 Å². The van der Waals surface area contributed by atoms with E-state index in [-0.39, 0.29) is 0 Å². The summed E-state index contributed by atoms with van der Waals surface area (Å²) < 4.78 is 7.40. The number of thiophene rings is 1. The summed E-state index contributed by atoms with van der Waals surface area (Å²) in [6.45, 7) is 6.99. The third-order valence-electron chi connectivity index (χ3n) is 6.83. The largest absolute Gasteiger partial charge is 0.487 e. The Hall–Kier alpha value is -3.64. The van der Waals surface area contributed by atoms with Gasteiger partial charge in [0.1, 0.15) is 24.0 Å².